The Hall–Kier alpha value is -2.70. The molecule has 7 heteroatoms. The van der Waals surface area contributed by atoms with E-state index in [-0.39, 0.29) is 12.4 Å². The van der Waals surface area contributed by atoms with Crippen molar-refractivity contribution in [3.05, 3.63) is 47.5 Å². The van der Waals surface area contributed by atoms with Gasteiger partial charge in [-0.15, -0.1) is 12.4 Å². The van der Waals surface area contributed by atoms with Crippen molar-refractivity contribution >= 4 is 29.3 Å². The number of hydrogen-bond acceptors (Lipinski definition) is 4. The predicted octanol–water partition coefficient (Wildman–Crippen LogP) is 7.12. The van der Waals surface area contributed by atoms with Gasteiger partial charge < -0.3 is 24.0 Å². The molecule has 0 radical (unpaired) electrons. The topological polar surface area (TPSA) is 63.9 Å². The standard InChI is InChI=1S/C31H38N2O4.ClH/c34-31(35)23-13-14-24-26(21-23)33-18-20-37-30-25(29(33)28(24)22-9-3-1-4-10-22)11-7-12-27(30)36-19-8-17-32-15-5-2-6-16-32;/h7,11-14,21-22H,1-6,8-10,15-20H2,(H,34,35);1H. The highest BCUT2D eigenvalue weighted by Gasteiger charge is 2.30. The number of piperidine rings is 1. The van der Waals surface area contributed by atoms with E-state index in [2.05, 4.69) is 21.6 Å². The molecule has 1 saturated carbocycles. The van der Waals surface area contributed by atoms with Crippen molar-refractivity contribution in [1.82, 2.24) is 9.47 Å². The molecule has 1 aromatic heterocycles. The summed E-state index contributed by atoms with van der Waals surface area (Å²) >= 11 is 0. The third kappa shape index (κ3) is 5.26. The van der Waals surface area contributed by atoms with Crippen molar-refractivity contribution in [3.8, 4) is 22.8 Å². The van der Waals surface area contributed by atoms with E-state index >= 15 is 0 Å². The lowest BCUT2D eigenvalue weighted by Crippen LogP contribution is -2.31. The molecule has 204 valence electrons. The van der Waals surface area contributed by atoms with Crippen LogP contribution >= 0.6 is 12.4 Å². The van der Waals surface area contributed by atoms with Crippen molar-refractivity contribution in [2.45, 2.75) is 70.3 Å². The maximum Gasteiger partial charge on any atom is 0.335 e. The molecule has 6 nitrogen and oxygen atoms in total. The van der Waals surface area contributed by atoms with Crippen molar-refractivity contribution in [2.75, 3.05) is 32.8 Å². The molecule has 0 amide bonds. The van der Waals surface area contributed by atoms with Crippen LogP contribution < -0.4 is 9.47 Å². The van der Waals surface area contributed by atoms with Crippen LogP contribution in [0.1, 0.15) is 79.6 Å². The van der Waals surface area contributed by atoms with Crippen LogP contribution in [0.5, 0.6) is 11.5 Å². The fraction of sp³-hybridized carbons (Fsp3) is 0.516. The second kappa shape index (κ2) is 12.0. The normalized spacial score (nSPS) is 18.1. The van der Waals surface area contributed by atoms with Crippen molar-refractivity contribution in [1.29, 1.82) is 0 Å². The van der Waals surface area contributed by atoms with Crippen LogP contribution in [0.25, 0.3) is 22.2 Å². The SMILES string of the molecule is Cl.O=C(O)c1ccc2c(C3CCCCC3)c3n(c2c1)CCOc1c(OCCCN2CCCCC2)cccc1-3. The zero-order valence-electron chi connectivity index (χ0n) is 22.1. The molecule has 2 aromatic carbocycles. The number of rotatable bonds is 7. The maximum absolute atomic E-state index is 11.8. The van der Waals surface area contributed by atoms with Gasteiger partial charge in [-0.2, -0.15) is 0 Å². The monoisotopic (exact) mass is 538 g/mol. The van der Waals surface area contributed by atoms with Gasteiger partial charge in [-0.3, -0.25) is 0 Å². The molecule has 6 rings (SSSR count). The summed E-state index contributed by atoms with van der Waals surface area (Å²) in [5, 5.41) is 10.9. The van der Waals surface area contributed by atoms with Crippen molar-refractivity contribution in [3.63, 3.8) is 0 Å². The molecule has 0 unspecified atom stereocenters. The van der Waals surface area contributed by atoms with Gasteiger partial charge in [-0.25, -0.2) is 4.79 Å². The van der Waals surface area contributed by atoms with E-state index in [0.717, 1.165) is 35.5 Å². The molecular weight excluding hydrogens is 500 g/mol. The number of halogens is 1. The smallest absolute Gasteiger partial charge is 0.335 e. The van der Waals surface area contributed by atoms with Crippen molar-refractivity contribution < 1.29 is 19.4 Å². The molecule has 2 fully saturated rings. The molecule has 2 aliphatic heterocycles. The number of ether oxygens (including phenoxy) is 2. The first kappa shape index (κ1) is 26.9. The van der Waals surface area contributed by atoms with Gasteiger partial charge in [0.25, 0.3) is 0 Å². The van der Waals surface area contributed by atoms with Crippen LogP contribution in [0.15, 0.2) is 36.4 Å². The lowest BCUT2D eigenvalue weighted by Gasteiger charge is -2.26. The molecule has 3 aliphatic rings. The average molecular weight is 539 g/mol. The van der Waals surface area contributed by atoms with E-state index in [1.807, 2.05) is 18.2 Å². The summed E-state index contributed by atoms with van der Waals surface area (Å²) in [6.45, 7) is 5.40. The molecule has 1 saturated heterocycles. The van der Waals surface area contributed by atoms with Gasteiger partial charge in [0.2, 0.25) is 0 Å². The molecular formula is C31H39ClN2O4. The highest BCUT2D eigenvalue weighted by molar-refractivity contribution is 5.99. The Balaban J connectivity index is 0.00000294. The molecule has 38 heavy (non-hydrogen) atoms. The molecule has 3 heterocycles. The summed E-state index contributed by atoms with van der Waals surface area (Å²) in [6, 6.07) is 11.9. The number of fused-ring (bicyclic) bond motifs is 5. The Morgan fingerprint density at radius 1 is 1.00 bits per heavy atom. The summed E-state index contributed by atoms with van der Waals surface area (Å²) in [5.74, 6) is 1.23. The Morgan fingerprint density at radius 2 is 1.79 bits per heavy atom. The van der Waals surface area contributed by atoms with Gasteiger partial charge in [0.1, 0.15) is 6.61 Å². The highest BCUT2D eigenvalue weighted by Crippen LogP contribution is 2.49. The quantitative estimate of drug-likeness (QED) is 0.324. The number of likely N-dealkylation sites (tertiary alicyclic amines) is 1. The number of carboxylic acid groups (broad SMARTS) is 1. The Kier molecular flexibility index (Phi) is 8.49. The lowest BCUT2D eigenvalue weighted by molar-refractivity contribution is 0.0697. The average Bonchev–Trinajstić information content (AvgIpc) is 3.13. The fourth-order valence-corrected chi connectivity index (χ4v) is 6.69. The first-order chi connectivity index (χ1) is 18.2. The van der Waals surface area contributed by atoms with Gasteiger partial charge >= 0.3 is 5.97 Å². The highest BCUT2D eigenvalue weighted by atomic mass is 35.5. The number of benzene rings is 2. The third-order valence-electron chi connectivity index (χ3n) is 8.48. The van der Waals surface area contributed by atoms with Crippen LogP contribution in [0, 0.1) is 0 Å². The van der Waals surface area contributed by atoms with E-state index in [0.29, 0.717) is 31.2 Å². The predicted molar refractivity (Wildman–Crippen MR) is 153 cm³/mol. The Labute approximate surface area is 231 Å². The van der Waals surface area contributed by atoms with Crippen LogP contribution in [0.2, 0.25) is 0 Å². The van der Waals surface area contributed by atoms with Gasteiger partial charge in [0, 0.05) is 23.0 Å². The summed E-state index contributed by atoms with van der Waals surface area (Å²) in [6.07, 6.45) is 11.1. The summed E-state index contributed by atoms with van der Waals surface area (Å²) in [7, 11) is 0. The number of hydrogen-bond donors (Lipinski definition) is 1. The van der Waals surface area contributed by atoms with Gasteiger partial charge in [0.15, 0.2) is 11.5 Å². The van der Waals surface area contributed by atoms with E-state index in [9.17, 15) is 9.90 Å². The summed E-state index contributed by atoms with van der Waals surface area (Å²) in [5.41, 5.74) is 4.95. The number of aromatic carboxylic acids is 1. The Bertz CT molecular complexity index is 1270. The lowest BCUT2D eigenvalue weighted by atomic mass is 9.81. The molecule has 1 aliphatic carbocycles. The number of carboxylic acids is 1. The van der Waals surface area contributed by atoms with E-state index in [1.165, 1.54) is 81.1 Å². The second-order valence-corrected chi connectivity index (χ2v) is 10.9. The minimum Gasteiger partial charge on any atom is -0.490 e. The van der Waals surface area contributed by atoms with Crippen LogP contribution in [-0.2, 0) is 6.54 Å². The minimum absolute atomic E-state index is 0. The van der Waals surface area contributed by atoms with Crippen LogP contribution in [0.3, 0.4) is 0 Å². The fourth-order valence-electron chi connectivity index (χ4n) is 6.69. The van der Waals surface area contributed by atoms with Crippen LogP contribution in [-0.4, -0.2) is 53.4 Å². The zero-order chi connectivity index (χ0) is 25.2. The molecule has 0 bridgehead atoms. The molecule has 3 aromatic rings. The number of para-hydroxylation sites is 1. The molecule has 0 spiro atoms. The van der Waals surface area contributed by atoms with Crippen molar-refractivity contribution in [2.24, 2.45) is 0 Å². The molecule has 0 atom stereocenters. The van der Waals surface area contributed by atoms with Gasteiger partial charge in [-0.1, -0.05) is 37.8 Å². The molecule has 1 N–H and O–H groups in total. The number of aromatic nitrogens is 1. The first-order valence-electron chi connectivity index (χ1n) is 14.2. The van der Waals surface area contributed by atoms with Gasteiger partial charge in [0.05, 0.1) is 24.4 Å². The third-order valence-corrected chi connectivity index (χ3v) is 8.48. The summed E-state index contributed by atoms with van der Waals surface area (Å²) < 4.78 is 15.0. The second-order valence-electron chi connectivity index (χ2n) is 10.9. The summed E-state index contributed by atoms with van der Waals surface area (Å²) in [4.78, 5) is 14.4. The Morgan fingerprint density at radius 3 is 2.58 bits per heavy atom. The van der Waals surface area contributed by atoms with E-state index in [1.54, 1.807) is 6.07 Å². The zero-order valence-corrected chi connectivity index (χ0v) is 22.9. The minimum atomic E-state index is -0.887. The van der Waals surface area contributed by atoms with Crippen LogP contribution in [0.4, 0.5) is 0 Å². The maximum atomic E-state index is 11.8. The van der Waals surface area contributed by atoms with E-state index in [4.69, 9.17) is 9.47 Å². The van der Waals surface area contributed by atoms with E-state index < -0.39 is 5.97 Å². The van der Waals surface area contributed by atoms with Gasteiger partial charge in [-0.05, 0) is 80.9 Å². The largest absolute Gasteiger partial charge is 0.490 e. The number of nitrogens with zero attached hydrogens (tertiary/aromatic N) is 2. The number of carbonyl (C=O) groups is 1. The first-order valence-corrected chi connectivity index (χ1v) is 14.2.